The summed E-state index contributed by atoms with van der Waals surface area (Å²) >= 11 is 0. The summed E-state index contributed by atoms with van der Waals surface area (Å²) in [5, 5.41) is 0.628. The summed E-state index contributed by atoms with van der Waals surface area (Å²) in [5.74, 6) is 0.375. The van der Waals surface area contributed by atoms with E-state index in [1.165, 1.54) is 10.2 Å². The van der Waals surface area contributed by atoms with Gasteiger partial charge in [0.1, 0.15) is 5.75 Å². The topological polar surface area (TPSA) is 65.4 Å². The van der Waals surface area contributed by atoms with Crippen LogP contribution in [0.25, 0.3) is 10.9 Å². The lowest BCUT2D eigenvalue weighted by Gasteiger charge is -2.08. The summed E-state index contributed by atoms with van der Waals surface area (Å²) in [6.07, 6.45) is 1.49. The van der Waals surface area contributed by atoms with Crippen molar-refractivity contribution in [1.82, 2.24) is 3.97 Å². The molecular weight excluding hydrogens is 302 g/mol. The van der Waals surface area contributed by atoms with Gasteiger partial charge in [-0.3, -0.25) is 4.79 Å². The van der Waals surface area contributed by atoms with Crippen molar-refractivity contribution in [3.63, 3.8) is 0 Å². The maximum absolute atomic E-state index is 12.7. The van der Waals surface area contributed by atoms with E-state index in [1.54, 1.807) is 48.5 Å². The molecule has 6 heteroatoms. The van der Waals surface area contributed by atoms with Crippen molar-refractivity contribution in [2.75, 3.05) is 6.61 Å². The van der Waals surface area contributed by atoms with E-state index in [4.69, 9.17) is 4.74 Å². The number of ether oxygens (including phenoxy) is 1. The number of hydrogen-bond acceptors (Lipinski definition) is 4. The number of hydrogen-bond donors (Lipinski definition) is 0. The van der Waals surface area contributed by atoms with Crippen LogP contribution in [0.15, 0.2) is 59.6 Å². The van der Waals surface area contributed by atoms with Gasteiger partial charge in [-0.15, -0.1) is 0 Å². The maximum Gasteiger partial charge on any atom is 0.268 e. The minimum absolute atomic E-state index is 0.00502. The van der Waals surface area contributed by atoms with Gasteiger partial charge in [0.2, 0.25) is 5.78 Å². The van der Waals surface area contributed by atoms with E-state index in [0.29, 0.717) is 22.2 Å². The number of carbonyl (C=O) groups excluding carboxylic acids is 1. The molecule has 22 heavy (non-hydrogen) atoms. The van der Waals surface area contributed by atoms with E-state index in [1.807, 2.05) is 0 Å². The average molecular weight is 313 g/mol. The van der Waals surface area contributed by atoms with Crippen LogP contribution >= 0.6 is 0 Å². The molecule has 110 valence electrons. The normalized spacial score (nSPS) is 14.1. The smallest absolute Gasteiger partial charge is 0.268 e. The van der Waals surface area contributed by atoms with Crippen LogP contribution in [0.4, 0.5) is 0 Å². The fourth-order valence-corrected chi connectivity index (χ4v) is 4.04. The summed E-state index contributed by atoms with van der Waals surface area (Å²) in [6.45, 7) is 0.00502. The second-order valence-corrected chi connectivity index (χ2v) is 6.83. The molecule has 0 atom stereocenters. The lowest BCUT2D eigenvalue weighted by Crippen LogP contribution is -2.11. The Morgan fingerprint density at radius 3 is 2.55 bits per heavy atom. The molecule has 0 spiro atoms. The highest BCUT2D eigenvalue weighted by atomic mass is 32.2. The number of carbonyl (C=O) groups is 1. The first kappa shape index (κ1) is 13.1. The minimum Gasteiger partial charge on any atom is -0.484 e. The molecule has 0 N–H and O–H groups in total. The van der Waals surface area contributed by atoms with Crippen molar-refractivity contribution >= 4 is 26.7 Å². The fraction of sp³-hybridized carbons (Fsp3) is 0.0625. The summed E-state index contributed by atoms with van der Waals surface area (Å²) < 4.78 is 32.1. The van der Waals surface area contributed by atoms with Crippen molar-refractivity contribution in [1.29, 1.82) is 0 Å². The number of ketones is 1. The highest BCUT2D eigenvalue weighted by Gasteiger charge is 2.26. The average Bonchev–Trinajstić information content (AvgIpc) is 3.12. The van der Waals surface area contributed by atoms with Crippen LogP contribution in [0.5, 0.6) is 5.75 Å². The van der Waals surface area contributed by atoms with Gasteiger partial charge in [0, 0.05) is 11.6 Å². The molecule has 0 saturated heterocycles. The summed E-state index contributed by atoms with van der Waals surface area (Å²) in [4.78, 5) is 11.9. The Bertz CT molecular complexity index is 1000. The molecule has 4 rings (SSSR count). The Morgan fingerprint density at radius 1 is 1.00 bits per heavy atom. The van der Waals surface area contributed by atoms with E-state index >= 15 is 0 Å². The van der Waals surface area contributed by atoms with E-state index in [-0.39, 0.29) is 17.3 Å². The molecule has 1 aromatic heterocycles. The zero-order valence-corrected chi connectivity index (χ0v) is 12.2. The van der Waals surface area contributed by atoms with E-state index < -0.39 is 10.0 Å². The van der Waals surface area contributed by atoms with E-state index in [9.17, 15) is 13.2 Å². The van der Waals surface area contributed by atoms with Gasteiger partial charge >= 0.3 is 0 Å². The molecule has 0 aliphatic carbocycles. The Morgan fingerprint density at radius 2 is 1.77 bits per heavy atom. The largest absolute Gasteiger partial charge is 0.484 e. The summed E-state index contributed by atoms with van der Waals surface area (Å²) in [6, 6.07) is 13.1. The number of Topliss-reactive ketones (excluding diaryl/α,β-unsaturated/α-hetero) is 1. The Hall–Kier alpha value is -2.60. The second kappa shape index (κ2) is 4.45. The third-order valence-electron chi connectivity index (χ3n) is 3.74. The highest BCUT2D eigenvalue weighted by molar-refractivity contribution is 7.90. The maximum atomic E-state index is 12.7. The molecule has 0 amide bonds. The van der Waals surface area contributed by atoms with Crippen LogP contribution in [0.2, 0.25) is 0 Å². The minimum atomic E-state index is -3.68. The Balaban J connectivity index is 1.97. The molecule has 0 bridgehead atoms. The predicted molar refractivity (Wildman–Crippen MR) is 80.8 cm³/mol. The molecule has 1 aliphatic rings. The molecule has 0 radical (unpaired) electrons. The van der Waals surface area contributed by atoms with Crippen LogP contribution in [0.3, 0.4) is 0 Å². The zero-order valence-electron chi connectivity index (χ0n) is 11.4. The molecule has 0 saturated carbocycles. The van der Waals surface area contributed by atoms with Crippen LogP contribution in [-0.2, 0) is 10.0 Å². The second-order valence-electron chi connectivity index (χ2n) is 5.02. The van der Waals surface area contributed by atoms with Gasteiger partial charge in [-0.1, -0.05) is 18.2 Å². The molecule has 3 aromatic rings. The molecule has 1 aliphatic heterocycles. The number of aromatic nitrogens is 1. The monoisotopic (exact) mass is 313 g/mol. The van der Waals surface area contributed by atoms with Gasteiger partial charge < -0.3 is 4.74 Å². The SMILES string of the molecule is O=C1COc2c1ccc1c2ccn1S(=O)(=O)c1ccccc1. The third-order valence-corrected chi connectivity index (χ3v) is 5.44. The van der Waals surface area contributed by atoms with Gasteiger partial charge in [0.05, 0.1) is 16.0 Å². The number of benzene rings is 2. The third kappa shape index (κ3) is 1.70. The van der Waals surface area contributed by atoms with Crippen molar-refractivity contribution in [3.05, 3.63) is 60.3 Å². The molecule has 0 unspecified atom stereocenters. The zero-order chi connectivity index (χ0) is 15.3. The summed E-state index contributed by atoms with van der Waals surface area (Å²) in [5.41, 5.74) is 1.000. The van der Waals surface area contributed by atoms with Crippen LogP contribution in [0, 0.1) is 0 Å². The van der Waals surface area contributed by atoms with E-state index in [2.05, 4.69) is 0 Å². The first-order valence-electron chi connectivity index (χ1n) is 6.70. The molecule has 0 fully saturated rings. The number of nitrogens with zero attached hydrogens (tertiary/aromatic N) is 1. The highest BCUT2D eigenvalue weighted by Crippen LogP contribution is 2.35. The van der Waals surface area contributed by atoms with Crippen molar-refractivity contribution in [2.45, 2.75) is 4.90 Å². The van der Waals surface area contributed by atoms with E-state index in [0.717, 1.165) is 0 Å². The lowest BCUT2D eigenvalue weighted by molar-refractivity contribution is 0.0961. The van der Waals surface area contributed by atoms with Gasteiger partial charge in [-0.05, 0) is 30.3 Å². The molecule has 5 nitrogen and oxygen atoms in total. The summed E-state index contributed by atoms with van der Waals surface area (Å²) in [7, 11) is -3.68. The van der Waals surface area contributed by atoms with Gasteiger partial charge in [0.15, 0.2) is 6.61 Å². The van der Waals surface area contributed by atoms with Crippen molar-refractivity contribution in [2.24, 2.45) is 0 Å². The van der Waals surface area contributed by atoms with Crippen molar-refractivity contribution in [3.8, 4) is 5.75 Å². The molecule has 2 aromatic carbocycles. The fourth-order valence-electron chi connectivity index (χ4n) is 2.67. The van der Waals surface area contributed by atoms with Gasteiger partial charge in [-0.25, -0.2) is 12.4 Å². The first-order chi connectivity index (χ1) is 10.6. The first-order valence-corrected chi connectivity index (χ1v) is 8.14. The predicted octanol–water partition coefficient (Wildman–Crippen LogP) is 2.45. The van der Waals surface area contributed by atoms with Crippen LogP contribution in [0.1, 0.15) is 10.4 Å². The van der Waals surface area contributed by atoms with Gasteiger partial charge in [0.25, 0.3) is 10.0 Å². The van der Waals surface area contributed by atoms with Crippen LogP contribution in [-0.4, -0.2) is 24.8 Å². The van der Waals surface area contributed by atoms with Crippen LogP contribution < -0.4 is 4.74 Å². The van der Waals surface area contributed by atoms with Crippen molar-refractivity contribution < 1.29 is 17.9 Å². The number of fused-ring (bicyclic) bond motifs is 3. The molecule has 2 heterocycles. The Kier molecular flexibility index (Phi) is 2.65. The standard InChI is InChI=1S/C16H11NO4S/c18-15-10-21-16-12-8-9-17(14(12)7-6-13(15)16)22(19,20)11-4-2-1-3-5-11/h1-9H,10H2. The molecular formula is C16H11NO4S. The number of rotatable bonds is 2. The quantitative estimate of drug-likeness (QED) is 0.729. The lowest BCUT2D eigenvalue weighted by atomic mass is 10.1. The van der Waals surface area contributed by atoms with Gasteiger partial charge in [-0.2, -0.15) is 0 Å². The Labute approximate surface area is 126 Å².